The van der Waals surface area contributed by atoms with E-state index in [2.05, 4.69) is 17.6 Å². The third-order valence-electron chi connectivity index (χ3n) is 3.71. The summed E-state index contributed by atoms with van der Waals surface area (Å²) in [7, 11) is 0. The van der Waals surface area contributed by atoms with Gasteiger partial charge in [-0.15, -0.1) is 0 Å². The maximum atomic E-state index is 12.0. The van der Waals surface area contributed by atoms with Crippen molar-refractivity contribution in [3.8, 4) is 0 Å². The molecule has 116 valence electrons. The first-order chi connectivity index (χ1) is 9.40. The van der Waals surface area contributed by atoms with Gasteiger partial charge in [0.1, 0.15) is 6.04 Å². The summed E-state index contributed by atoms with van der Waals surface area (Å²) >= 11 is 0. The Morgan fingerprint density at radius 3 is 2.45 bits per heavy atom. The summed E-state index contributed by atoms with van der Waals surface area (Å²) in [6.07, 6.45) is 4.05. The van der Waals surface area contributed by atoms with Crippen LogP contribution in [0.25, 0.3) is 0 Å². The summed E-state index contributed by atoms with van der Waals surface area (Å²) in [5, 5.41) is 5.60. The number of amides is 2. The summed E-state index contributed by atoms with van der Waals surface area (Å²) < 4.78 is 5.01. The largest absolute Gasteiger partial charge is 0.449 e. The lowest BCUT2D eigenvalue weighted by Crippen LogP contribution is -2.50. The van der Waals surface area contributed by atoms with Crippen LogP contribution in [0.4, 0.5) is 4.79 Å². The predicted octanol–water partition coefficient (Wildman–Crippen LogP) is 2.45. The lowest BCUT2D eigenvalue weighted by atomic mass is 9.86. The number of hydrogen-bond donors (Lipinski definition) is 2. The van der Waals surface area contributed by atoms with Crippen molar-refractivity contribution in [2.75, 3.05) is 6.61 Å². The highest BCUT2D eigenvalue weighted by Gasteiger charge is 2.25. The Bertz CT molecular complexity index is 331. The van der Waals surface area contributed by atoms with E-state index in [-0.39, 0.29) is 17.9 Å². The molecule has 3 atom stereocenters. The van der Waals surface area contributed by atoms with Crippen LogP contribution in [-0.2, 0) is 9.53 Å². The average molecular weight is 284 g/mol. The molecule has 0 aromatic carbocycles. The monoisotopic (exact) mass is 284 g/mol. The fourth-order valence-electron chi connectivity index (χ4n) is 2.36. The second-order valence-electron chi connectivity index (χ2n) is 6.24. The molecule has 0 aliphatic heterocycles. The van der Waals surface area contributed by atoms with Gasteiger partial charge in [-0.2, -0.15) is 0 Å². The molecule has 1 fully saturated rings. The molecule has 0 saturated heterocycles. The van der Waals surface area contributed by atoms with Gasteiger partial charge in [0, 0.05) is 6.04 Å². The van der Waals surface area contributed by atoms with E-state index >= 15 is 0 Å². The molecule has 0 aromatic heterocycles. The zero-order valence-electron chi connectivity index (χ0n) is 13.1. The van der Waals surface area contributed by atoms with Gasteiger partial charge >= 0.3 is 6.09 Å². The maximum Gasteiger partial charge on any atom is 0.407 e. The fraction of sp³-hybridized carbons (Fsp3) is 0.867. The zero-order valence-corrected chi connectivity index (χ0v) is 13.1. The third kappa shape index (κ3) is 5.80. The van der Waals surface area contributed by atoms with Crippen molar-refractivity contribution in [3.05, 3.63) is 0 Å². The first kappa shape index (κ1) is 16.8. The Morgan fingerprint density at radius 1 is 1.20 bits per heavy atom. The summed E-state index contributed by atoms with van der Waals surface area (Å²) in [5.41, 5.74) is 0. The lowest BCUT2D eigenvalue weighted by Gasteiger charge is -2.30. The van der Waals surface area contributed by atoms with Gasteiger partial charge in [0.25, 0.3) is 0 Å². The van der Waals surface area contributed by atoms with Crippen molar-refractivity contribution in [1.82, 2.24) is 10.6 Å². The first-order valence-electron chi connectivity index (χ1n) is 7.63. The van der Waals surface area contributed by atoms with Gasteiger partial charge in [-0.05, 0) is 31.6 Å². The molecule has 2 N–H and O–H groups in total. The van der Waals surface area contributed by atoms with E-state index in [4.69, 9.17) is 4.74 Å². The van der Waals surface area contributed by atoms with E-state index in [0.717, 1.165) is 19.3 Å². The number of carbonyl (C=O) groups excluding carboxylic acids is 2. The Kier molecular flexibility index (Phi) is 6.82. The van der Waals surface area contributed by atoms with Crippen molar-refractivity contribution in [2.24, 2.45) is 11.8 Å². The van der Waals surface area contributed by atoms with E-state index in [0.29, 0.717) is 12.5 Å². The normalized spacial score (nSPS) is 24.1. The highest BCUT2D eigenvalue weighted by molar-refractivity contribution is 5.85. The topological polar surface area (TPSA) is 67.4 Å². The lowest BCUT2D eigenvalue weighted by molar-refractivity contribution is -0.124. The molecule has 0 aromatic rings. The minimum atomic E-state index is -0.566. The number of carbonyl (C=O) groups is 2. The molecular weight excluding hydrogens is 256 g/mol. The Balaban J connectivity index is 2.32. The minimum Gasteiger partial charge on any atom is -0.449 e. The van der Waals surface area contributed by atoms with Crippen LogP contribution >= 0.6 is 0 Å². The van der Waals surface area contributed by atoms with Crippen LogP contribution in [0.2, 0.25) is 0 Å². The second-order valence-corrected chi connectivity index (χ2v) is 6.24. The van der Waals surface area contributed by atoms with Gasteiger partial charge in [-0.1, -0.05) is 33.6 Å². The quantitative estimate of drug-likeness (QED) is 0.815. The molecule has 0 radical (unpaired) electrons. The summed E-state index contributed by atoms with van der Waals surface area (Å²) in [6, 6.07) is -0.337. The van der Waals surface area contributed by atoms with Gasteiger partial charge in [-0.25, -0.2) is 4.79 Å². The van der Waals surface area contributed by atoms with Gasteiger partial charge < -0.3 is 15.4 Å². The summed E-state index contributed by atoms with van der Waals surface area (Å²) in [4.78, 5) is 23.6. The van der Waals surface area contributed by atoms with Crippen LogP contribution in [0.1, 0.15) is 53.4 Å². The van der Waals surface area contributed by atoms with Crippen LogP contribution in [0.15, 0.2) is 0 Å². The van der Waals surface area contributed by atoms with Gasteiger partial charge in [0.15, 0.2) is 0 Å². The van der Waals surface area contributed by atoms with Crippen LogP contribution in [0.3, 0.4) is 0 Å². The van der Waals surface area contributed by atoms with E-state index in [1.54, 1.807) is 6.92 Å². The number of hydrogen-bond acceptors (Lipinski definition) is 3. The summed E-state index contributed by atoms with van der Waals surface area (Å²) in [6.45, 7) is 8.14. The Morgan fingerprint density at radius 2 is 1.85 bits per heavy atom. The molecular formula is C15H28N2O3. The molecule has 0 heterocycles. The van der Waals surface area contributed by atoms with Crippen LogP contribution in [-0.4, -0.2) is 30.7 Å². The SMILES string of the molecule is CC(C)COC(=O)NC(C)C(=O)NC1CCCCC1C. The van der Waals surface area contributed by atoms with Crippen LogP contribution in [0, 0.1) is 11.8 Å². The number of alkyl carbamates (subject to hydrolysis) is 1. The molecule has 5 heteroatoms. The standard InChI is InChI=1S/C15H28N2O3/c1-10(2)9-20-15(19)16-12(4)14(18)17-13-8-6-5-7-11(13)3/h10-13H,5-9H2,1-4H3,(H,16,19)(H,17,18). The first-order valence-corrected chi connectivity index (χ1v) is 7.63. The highest BCUT2D eigenvalue weighted by atomic mass is 16.5. The smallest absolute Gasteiger partial charge is 0.407 e. The van der Waals surface area contributed by atoms with E-state index in [9.17, 15) is 9.59 Å². The van der Waals surface area contributed by atoms with Gasteiger partial charge in [0.2, 0.25) is 5.91 Å². The molecule has 1 aliphatic rings. The Labute approximate surface area is 121 Å². The average Bonchev–Trinajstić information content (AvgIpc) is 2.39. The third-order valence-corrected chi connectivity index (χ3v) is 3.71. The molecule has 5 nitrogen and oxygen atoms in total. The maximum absolute atomic E-state index is 12.0. The number of rotatable bonds is 5. The molecule has 1 rings (SSSR count). The Hall–Kier alpha value is -1.26. The van der Waals surface area contributed by atoms with Crippen LogP contribution < -0.4 is 10.6 Å². The van der Waals surface area contributed by atoms with Gasteiger partial charge in [-0.3, -0.25) is 4.79 Å². The zero-order chi connectivity index (χ0) is 15.1. The van der Waals surface area contributed by atoms with E-state index < -0.39 is 12.1 Å². The van der Waals surface area contributed by atoms with E-state index in [1.165, 1.54) is 6.42 Å². The highest BCUT2D eigenvalue weighted by Crippen LogP contribution is 2.23. The van der Waals surface area contributed by atoms with Crippen molar-refractivity contribution >= 4 is 12.0 Å². The number of nitrogens with one attached hydrogen (secondary N) is 2. The molecule has 0 bridgehead atoms. The van der Waals surface area contributed by atoms with Crippen molar-refractivity contribution in [1.29, 1.82) is 0 Å². The molecule has 20 heavy (non-hydrogen) atoms. The fourth-order valence-corrected chi connectivity index (χ4v) is 2.36. The summed E-state index contributed by atoms with van der Waals surface area (Å²) in [5.74, 6) is 0.658. The minimum absolute atomic E-state index is 0.134. The van der Waals surface area contributed by atoms with E-state index in [1.807, 2.05) is 13.8 Å². The molecule has 2 amide bonds. The van der Waals surface area contributed by atoms with Crippen molar-refractivity contribution in [3.63, 3.8) is 0 Å². The molecule has 1 aliphatic carbocycles. The predicted molar refractivity (Wildman–Crippen MR) is 78.3 cm³/mol. The van der Waals surface area contributed by atoms with Gasteiger partial charge in [0.05, 0.1) is 6.61 Å². The van der Waals surface area contributed by atoms with Crippen molar-refractivity contribution in [2.45, 2.75) is 65.5 Å². The van der Waals surface area contributed by atoms with Crippen molar-refractivity contribution < 1.29 is 14.3 Å². The number of ether oxygens (including phenoxy) is 1. The van der Waals surface area contributed by atoms with Crippen LogP contribution in [0.5, 0.6) is 0 Å². The molecule has 1 saturated carbocycles. The second kappa shape index (κ2) is 8.12. The molecule has 3 unspecified atom stereocenters. The molecule has 0 spiro atoms.